The first-order valence-corrected chi connectivity index (χ1v) is 4.52. The predicted octanol–water partition coefficient (Wildman–Crippen LogP) is 0.653. The standard InChI is InChI=1S/C7H12O5S/c1-4-5-6(8)11-7(2,3)12-13(9)10/h4-5H,1-3H3,(H,9,10)/p-1. The van der Waals surface area contributed by atoms with Crippen molar-refractivity contribution < 1.29 is 22.5 Å². The number of esters is 1. The van der Waals surface area contributed by atoms with Crippen LogP contribution in [0.4, 0.5) is 0 Å². The van der Waals surface area contributed by atoms with Crippen molar-refractivity contribution in [2.75, 3.05) is 0 Å². The second-order valence-corrected chi connectivity index (χ2v) is 3.18. The molecule has 0 spiro atoms. The zero-order valence-corrected chi connectivity index (χ0v) is 8.42. The average Bonchev–Trinajstić information content (AvgIpc) is 1.81. The Morgan fingerprint density at radius 2 is 2.08 bits per heavy atom. The second-order valence-electron chi connectivity index (χ2n) is 2.61. The predicted molar refractivity (Wildman–Crippen MR) is 45.0 cm³/mol. The molecule has 0 aliphatic carbocycles. The van der Waals surface area contributed by atoms with Crippen molar-refractivity contribution >= 4 is 17.3 Å². The molecule has 0 aliphatic heterocycles. The van der Waals surface area contributed by atoms with Gasteiger partial charge in [-0.3, -0.25) is 4.18 Å². The third kappa shape index (κ3) is 6.44. The molecular formula is C7H11O5S-. The van der Waals surface area contributed by atoms with Crippen molar-refractivity contribution in [2.45, 2.75) is 26.6 Å². The van der Waals surface area contributed by atoms with Crippen LogP contribution in [0.25, 0.3) is 0 Å². The summed E-state index contributed by atoms with van der Waals surface area (Å²) in [6.45, 7) is 4.29. The molecule has 0 heterocycles. The largest absolute Gasteiger partial charge is 0.750 e. The quantitative estimate of drug-likeness (QED) is 0.293. The third-order valence-electron chi connectivity index (χ3n) is 0.918. The molecule has 0 radical (unpaired) electrons. The van der Waals surface area contributed by atoms with Crippen LogP contribution in [-0.4, -0.2) is 20.5 Å². The van der Waals surface area contributed by atoms with Crippen molar-refractivity contribution in [1.82, 2.24) is 0 Å². The Hall–Kier alpha value is -0.720. The van der Waals surface area contributed by atoms with Crippen molar-refractivity contribution in [3.8, 4) is 0 Å². The van der Waals surface area contributed by atoms with E-state index in [1.807, 2.05) is 0 Å². The first kappa shape index (κ1) is 12.3. The zero-order valence-electron chi connectivity index (χ0n) is 7.60. The molecule has 6 heteroatoms. The molecule has 13 heavy (non-hydrogen) atoms. The number of allylic oxidation sites excluding steroid dienone is 1. The number of hydrogen-bond donors (Lipinski definition) is 0. The Balaban J connectivity index is 4.16. The van der Waals surface area contributed by atoms with Gasteiger partial charge in [0.15, 0.2) is 0 Å². The molecule has 0 rings (SSSR count). The van der Waals surface area contributed by atoms with Crippen LogP contribution in [-0.2, 0) is 25.1 Å². The first-order valence-electron chi connectivity index (χ1n) is 3.52. The molecule has 0 aromatic rings. The summed E-state index contributed by atoms with van der Waals surface area (Å²) in [5, 5.41) is 0. The van der Waals surface area contributed by atoms with Crippen molar-refractivity contribution in [1.29, 1.82) is 0 Å². The number of rotatable bonds is 4. The maximum absolute atomic E-state index is 10.9. The van der Waals surface area contributed by atoms with E-state index in [-0.39, 0.29) is 0 Å². The summed E-state index contributed by atoms with van der Waals surface area (Å²) in [5.41, 5.74) is 0. The van der Waals surface area contributed by atoms with Crippen LogP contribution < -0.4 is 0 Å². The maximum Gasteiger partial charge on any atom is 0.332 e. The zero-order chi connectivity index (χ0) is 10.5. The van der Waals surface area contributed by atoms with E-state index in [1.165, 1.54) is 26.0 Å². The smallest absolute Gasteiger partial charge is 0.332 e. The summed E-state index contributed by atoms with van der Waals surface area (Å²) in [6.07, 6.45) is 2.64. The highest BCUT2D eigenvalue weighted by molar-refractivity contribution is 7.74. The van der Waals surface area contributed by atoms with E-state index in [2.05, 4.69) is 8.92 Å². The lowest BCUT2D eigenvalue weighted by Gasteiger charge is -2.24. The van der Waals surface area contributed by atoms with E-state index in [1.54, 1.807) is 6.92 Å². The van der Waals surface area contributed by atoms with E-state index < -0.39 is 23.1 Å². The van der Waals surface area contributed by atoms with Gasteiger partial charge in [-0.15, -0.1) is 0 Å². The highest BCUT2D eigenvalue weighted by Crippen LogP contribution is 2.12. The Morgan fingerprint density at radius 1 is 1.54 bits per heavy atom. The molecule has 0 bridgehead atoms. The number of carbonyl (C=O) groups is 1. The van der Waals surface area contributed by atoms with Crippen molar-refractivity contribution in [3.05, 3.63) is 12.2 Å². The van der Waals surface area contributed by atoms with E-state index in [0.29, 0.717) is 0 Å². The number of ether oxygens (including phenoxy) is 1. The van der Waals surface area contributed by atoms with Crippen LogP contribution in [0, 0.1) is 0 Å². The van der Waals surface area contributed by atoms with Crippen LogP contribution in [0.2, 0.25) is 0 Å². The fraction of sp³-hybridized carbons (Fsp3) is 0.571. The van der Waals surface area contributed by atoms with Crippen molar-refractivity contribution in [2.24, 2.45) is 0 Å². The molecule has 0 aromatic carbocycles. The van der Waals surface area contributed by atoms with Gasteiger partial charge in [-0.25, -0.2) is 9.00 Å². The minimum atomic E-state index is -2.71. The molecule has 0 amide bonds. The summed E-state index contributed by atoms with van der Waals surface area (Å²) in [7, 11) is 0. The molecule has 1 atom stereocenters. The van der Waals surface area contributed by atoms with Gasteiger partial charge >= 0.3 is 5.97 Å². The van der Waals surface area contributed by atoms with Gasteiger partial charge in [0.05, 0.1) is 11.4 Å². The number of hydrogen-bond acceptors (Lipinski definition) is 5. The monoisotopic (exact) mass is 207 g/mol. The van der Waals surface area contributed by atoms with Crippen LogP contribution >= 0.6 is 0 Å². The van der Waals surface area contributed by atoms with E-state index in [9.17, 15) is 13.6 Å². The minimum Gasteiger partial charge on any atom is -0.750 e. The van der Waals surface area contributed by atoms with Gasteiger partial charge in [0.2, 0.25) is 5.79 Å². The van der Waals surface area contributed by atoms with Crippen LogP contribution in [0.15, 0.2) is 12.2 Å². The van der Waals surface area contributed by atoms with Gasteiger partial charge in [0.25, 0.3) is 0 Å². The lowest BCUT2D eigenvalue weighted by Crippen LogP contribution is -2.31. The lowest BCUT2D eigenvalue weighted by molar-refractivity contribution is -0.179. The molecule has 5 nitrogen and oxygen atoms in total. The maximum atomic E-state index is 10.9. The van der Waals surface area contributed by atoms with E-state index >= 15 is 0 Å². The Bertz CT molecular complexity index is 233. The molecular weight excluding hydrogens is 196 g/mol. The van der Waals surface area contributed by atoms with Gasteiger partial charge in [0.1, 0.15) is 0 Å². The second kappa shape index (κ2) is 5.11. The summed E-state index contributed by atoms with van der Waals surface area (Å²) in [6, 6.07) is 0. The fourth-order valence-corrected chi connectivity index (χ4v) is 0.955. The van der Waals surface area contributed by atoms with E-state index in [4.69, 9.17) is 0 Å². The fourth-order valence-electron chi connectivity index (χ4n) is 0.593. The number of carbonyl (C=O) groups excluding carboxylic acids is 1. The topological polar surface area (TPSA) is 75.7 Å². The molecule has 0 N–H and O–H groups in total. The highest BCUT2D eigenvalue weighted by Gasteiger charge is 2.23. The molecule has 0 aromatic heterocycles. The Labute approximate surface area is 79.2 Å². The summed E-state index contributed by atoms with van der Waals surface area (Å²) >= 11 is -2.71. The van der Waals surface area contributed by atoms with E-state index in [0.717, 1.165) is 0 Å². The molecule has 0 aliphatic rings. The Morgan fingerprint density at radius 3 is 2.46 bits per heavy atom. The Kier molecular flexibility index (Phi) is 4.82. The van der Waals surface area contributed by atoms with Crippen molar-refractivity contribution in [3.63, 3.8) is 0 Å². The summed E-state index contributed by atoms with van der Waals surface area (Å²) in [4.78, 5) is 10.9. The van der Waals surface area contributed by atoms with Crippen LogP contribution in [0.5, 0.6) is 0 Å². The molecule has 0 saturated heterocycles. The molecule has 0 fully saturated rings. The normalized spacial score (nSPS) is 14.5. The highest BCUT2D eigenvalue weighted by atomic mass is 32.2. The van der Waals surface area contributed by atoms with Gasteiger partial charge in [-0.1, -0.05) is 6.08 Å². The average molecular weight is 207 g/mol. The van der Waals surface area contributed by atoms with Gasteiger partial charge in [-0.2, -0.15) is 0 Å². The van der Waals surface area contributed by atoms with Crippen LogP contribution in [0.1, 0.15) is 20.8 Å². The van der Waals surface area contributed by atoms with Gasteiger partial charge < -0.3 is 9.29 Å². The molecule has 76 valence electrons. The molecule has 1 unspecified atom stereocenters. The SMILES string of the molecule is CC=CC(=O)OC(C)(C)OS(=O)[O-]. The lowest BCUT2D eigenvalue weighted by atomic mass is 10.4. The van der Waals surface area contributed by atoms with Gasteiger partial charge in [0, 0.05) is 19.9 Å². The summed E-state index contributed by atoms with van der Waals surface area (Å²) in [5.74, 6) is -2.12. The first-order chi connectivity index (χ1) is 5.87. The van der Waals surface area contributed by atoms with Crippen LogP contribution in [0.3, 0.4) is 0 Å². The molecule has 0 saturated carbocycles. The minimum absolute atomic E-state index is 0.655. The van der Waals surface area contributed by atoms with Gasteiger partial charge in [-0.05, 0) is 6.92 Å². The summed E-state index contributed by atoms with van der Waals surface area (Å²) < 4.78 is 29.2. The third-order valence-corrected chi connectivity index (χ3v) is 1.46.